The number of hydrogen-bond donors (Lipinski definition) is 5. The fourth-order valence-electron chi connectivity index (χ4n) is 8.36. The molecule has 6 N–H and O–H groups in total. The van der Waals surface area contributed by atoms with Crippen LogP contribution in [0.15, 0.2) is 66.7 Å². The molecule has 2 aliphatic heterocycles. The van der Waals surface area contributed by atoms with E-state index in [1.165, 1.54) is 12.8 Å². The van der Waals surface area contributed by atoms with Gasteiger partial charge in [-0.15, -0.1) is 10.2 Å². The molecule has 0 spiro atoms. The van der Waals surface area contributed by atoms with Gasteiger partial charge < -0.3 is 26.6 Å². The maximum absolute atomic E-state index is 13.7. The first-order chi connectivity index (χ1) is 25.2. The van der Waals surface area contributed by atoms with Gasteiger partial charge in [-0.3, -0.25) is 14.4 Å². The minimum atomic E-state index is -0.776. The molecular weight excluding hydrogens is 654 g/mol. The van der Waals surface area contributed by atoms with E-state index in [0.717, 1.165) is 66.3 Å². The van der Waals surface area contributed by atoms with Gasteiger partial charge in [-0.2, -0.15) is 5.21 Å². The predicted octanol–water partition coefficient (Wildman–Crippen LogP) is 4.63. The third kappa shape index (κ3) is 8.08. The van der Waals surface area contributed by atoms with Crippen molar-refractivity contribution in [3.05, 3.63) is 83.4 Å². The summed E-state index contributed by atoms with van der Waals surface area (Å²) in [6, 6.07) is 21.7. The molecule has 3 fully saturated rings. The highest BCUT2D eigenvalue weighted by molar-refractivity contribution is 5.98. The Morgan fingerprint density at radius 2 is 1.60 bits per heavy atom. The molecule has 1 aliphatic carbocycles. The summed E-state index contributed by atoms with van der Waals surface area (Å²) in [4.78, 5) is 42.9. The molecule has 4 aromatic rings. The van der Waals surface area contributed by atoms with Gasteiger partial charge in [0.1, 0.15) is 6.04 Å². The number of aromatic amines is 1. The monoisotopic (exact) mass is 703 g/mol. The summed E-state index contributed by atoms with van der Waals surface area (Å²) in [5, 5.41) is 23.4. The fourth-order valence-corrected chi connectivity index (χ4v) is 8.36. The first kappa shape index (κ1) is 35.5. The molecule has 1 aromatic heterocycles. The Kier molecular flexibility index (Phi) is 10.7. The van der Waals surface area contributed by atoms with E-state index in [-0.39, 0.29) is 29.7 Å². The number of fused-ring (bicyclic) bond motifs is 2. The number of benzene rings is 3. The molecule has 7 rings (SSSR count). The van der Waals surface area contributed by atoms with Crippen LogP contribution in [0.3, 0.4) is 0 Å². The maximum atomic E-state index is 13.7. The number of nitrogens with two attached hydrogens (primary N) is 1. The van der Waals surface area contributed by atoms with Gasteiger partial charge in [0, 0.05) is 47.3 Å². The van der Waals surface area contributed by atoms with Crippen LogP contribution in [-0.2, 0) is 16.0 Å². The van der Waals surface area contributed by atoms with Crippen LogP contribution in [0.1, 0.15) is 72.9 Å². The molecule has 2 bridgehead atoms. The number of anilines is 1. The number of carbonyl (C=O) groups is 3. The Labute approximate surface area is 304 Å². The van der Waals surface area contributed by atoms with Crippen molar-refractivity contribution in [1.29, 1.82) is 0 Å². The van der Waals surface area contributed by atoms with E-state index in [9.17, 15) is 14.4 Å². The topological polar surface area (TPSA) is 171 Å². The molecule has 12 heteroatoms. The van der Waals surface area contributed by atoms with Gasteiger partial charge >= 0.3 is 0 Å². The van der Waals surface area contributed by atoms with Crippen LogP contribution in [0.4, 0.5) is 5.69 Å². The van der Waals surface area contributed by atoms with Gasteiger partial charge in [-0.25, -0.2) is 0 Å². The summed E-state index contributed by atoms with van der Waals surface area (Å²) in [6.07, 6.45) is 8.18. The van der Waals surface area contributed by atoms with E-state index in [1.54, 1.807) is 12.1 Å². The summed E-state index contributed by atoms with van der Waals surface area (Å²) < 4.78 is 0. The molecule has 3 heterocycles. The summed E-state index contributed by atoms with van der Waals surface area (Å²) in [7, 11) is 2.21. The van der Waals surface area contributed by atoms with Crippen molar-refractivity contribution in [1.82, 2.24) is 36.2 Å². The first-order valence-electron chi connectivity index (χ1n) is 18.6. The zero-order chi connectivity index (χ0) is 36.2. The van der Waals surface area contributed by atoms with Crippen LogP contribution in [0.2, 0.25) is 0 Å². The maximum Gasteiger partial charge on any atom is 0.251 e. The smallest absolute Gasteiger partial charge is 0.251 e. The lowest BCUT2D eigenvalue weighted by atomic mass is 9.81. The highest BCUT2D eigenvalue weighted by Gasteiger charge is 2.39. The Hall–Kier alpha value is -4.94. The van der Waals surface area contributed by atoms with Crippen molar-refractivity contribution < 1.29 is 14.4 Å². The number of carbonyl (C=O) groups excluding carboxylic acids is 3. The third-order valence-corrected chi connectivity index (χ3v) is 11.6. The average molecular weight is 704 g/mol. The molecule has 2 saturated heterocycles. The summed E-state index contributed by atoms with van der Waals surface area (Å²) in [6.45, 7) is 2.67. The molecule has 3 amide bonds. The lowest BCUT2D eigenvalue weighted by Gasteiger charge is -2.36. The van der Waals surface area contributed by atoms with Crippen molar-refractivity contribution in [2.24, 2.45) is 17.6 Å². The molecule has 3 atom stereocenters. The summed E-state index contributed by atoms with van der Waals surface area (Å²) >= 11 is 0. The molecular formula is C40H49N9O3. The van der Waals surface area contributed by atoms with Crippen molar-refractivity contribution >= 4 is 23.4 Å². The molecule has 2 unspecified atom stereocenters. The molecule has 3 aliphatic rings. The van der Waals surface area contributed by atoms with Crippen LogP contribution < -0.4 is 21.7 Å². The van der Waals surface area contributed by atoms with Crippen LogP contribution >= 0.6 is 0 Å². The quantitative estimate of drug-likeness (QED) is 0.151. The molecule has 12 nitrogen and oxygen atoms in total. The summed E-state index contributed by atoms with van der Waals surface area (Å²) in [5.74, 6) is 0.374. The van der Waals surface area contributed by atoms with Crippen LogP contribution in [0.25, 0.3) is 22.5 Å². The van der Waals surface area contributed by atoms with Crippen molar-refractivity contribution in [2.45, 2.75) is 88.9 Å². The van der Waals surface area contributed by atoms with Crippen LogP contribution in [0.5, 0.6) is 0 Å². The standard InChI is InChI=1S/C40H49N9O3/c1-24-19-30(39(51)43-32-21-33-16-17-34(22-32)49(33)2)13-18-35(24)27-7-3-25(4-8-27)20-36(44-38(50)29-9-5-26(23-41)6-10-29)40(52)42-31-14-11-28(12-15-31)37-45-47-48-46-37/h3-4,7-8,11-15,18-19,26,29,32-34,36H,5-6,9-10,16-17,20-23,41H2,1-2H3,(H,42,52)(H,43,51)(H,44,50)(H,45,46,47,48)/t26?,29?,32?,33?,34?,36-/m0/s1. The highest BCUT2D eigenvalue weighted by Crippen LogP contribution is 2.34. The van der Waals surface area contributed by atoms with Gasteiger partial charge in [-0.05, 0) is 142 Å². The van der Waals surface area contributed by atoms with Crippen molar-refractivity contribution in [3.63, 3.8) is 0 Å². The van der Waals surface area contributed by atoms with E-state index in [0.29, 0.717) is 48.0 Å². The Balaban J connectivity index is 1.02. The lowest BCUT2D eigenvalue weighted by molar-refractivity contribution is -0.130. The van der Waals surface area contributed by atoms with Crippen LogP contribution in [-0.4, -0.2) is 81.0 Å². The molecule has 0 radical (unpaired) electrons. The Morgan fingerprint density at radius 1 is 0.904 bits per heavy atom. The normalized spacial score (nSPS) is 23.5. The second kappa shape index (κ2) is 15.7. The predicted molar refractivity (Wildman–Crippen MR) is 200 cm³/mol. The largest absolute Gasteiger partial charge is 0.349 e. The molecule has 272 valence electrons. The molecule has 52 heavy (non-hydrogen) atoms. The fraction of sp³-hybridized carbons (Fsp3) is 0.450. The number of amides is 3. The third-order valence-electron chi connectivity index (χ3n) is 11.6. The second-order valence-corrected chi connectivity index (χ2v) is 14.9. The van der Waals surface area contributed by atoms with Gasteiger partial charge in [0.2, 0.25) is 17.6 Å². The van der Waals surface area contributed by atoms with Crippen molar-refractivity contribution in [3.8, 4) is 22.5 Å². The Morgan fingerprint density at radius 3 is 2.23 bits per heavy atom. The van der Waals surface area contributed by atoms with Gasteiger partial charge in [-0.1, -0.05) is 30.3 Å². The SMILES string of the molecule is Cc1cc(C(=O)NC2CC3CCC(C2)N3C)ccc1-c1ccc(C[C@H](NC(=O)C2CCC(CN)CC2)C(=O)Nc2ccc(-c3nn[nH]n3)cc2)cc1. The molecule has 1 saturated carbocycles. The number of nitrogens with one attached hydrogen (secondary N) is 4. The number of H-pyrrole nitrogens is 1. The summed E-state index contributed by atoms with van der Waals surface area (Å²) in [5.41, 5.74) is 11.9. The first-order valence-corrected chi connectivity index (χ1v) is 18.6. The molecule has 3 aromatic carbocycles. The number of nitrogens with zero attached hydrogens (tertiary/aromatic N) is 4. The second-order valence-electron chi connectivity index (χ2n) is 14.9. The average Bonchev–Trinajstić information content (AvgIpc) is 3.76. The van der Waals surface area contributed by atoms with E-state index in [2.05, 4.69) is 48.5 Å². The van der Waals surface area contributed by atoms with Gasteiger partial charge in [0.05, 0.1) is 0 Å². The van der Waals surface area contributed by atoms with E-state index >= 15 is 0 Å². The minimum Gasteiger partial charge on any atom is -0.349 e. The van der Waals surface area contributed by atoms with Gasteiger partial charge in [0.25, 0.3) is 5.91 Å². The number of tetrazole rings is 1. The minimum absolute atomic E-state index is 0.0133. The van der Waals surface area contributed by atoms with E-state index in [1.807, 2.05) is 61.5 Å². The van der Waals surface area contributed by atoms with Crippen LogP contribution in [0, 0.1) is 18.8 Å². The number of aryl methyl sites for hydroxylation is 1. The zero-order valence-corrected chi connectivity index (χ0v) is 30.0. The number of rotatable bonds is 11. The lowest BCUT2D eigenvalue weighted by Crippen LogP contribution is -2.48. The number of hydrogen-bond acceptors (Lipinski definition) is 8. The number of aromatic nitrogens is 4. The van der Waals surface area contributed by atoms with Crippen molar-refractivity contribution in [2.75, 3.05) is 18.9 Å². The number of piperidine rings is 1. The van der Waals surface area contributed by atoms with E-state index < -0.39 is 6.04 Å². The highest BCUT2D eigenvalue weighted by atomic mass is 16.2. The van der Waals surface area contributed by atoms with E-state index in [4.69, 9.17) is 5.73 Å². The zero-order valence-electron chi connectivity index (χ0n) is 30.0. The Bertz CT molecular complexity index is 1840. The van der Waals surface area contributed by atoms with Gasteiger partial charge in [0.15, 0.2) is 0 Å².